The molecule has 0 aromatic heterocycles. The lowest BCUT2D eigenvalue weighted by atomic mass is 9.71. The molecule has 3 rings (SSSR count). The van der Waals surface area contributed by atoms with Crippen molar-refractivity contribution in [1.29, 1.82) is 0 Å². The van der Waals surface area contributed by atoms with Crippen LogP contribution in [0, 0.1) is 17.9 Å². The summed E-state index contributed by atoms with van der Waals surface area (Å²) in [4.78, 5) is 12.1. The van der Waals surface area contributed by atoms with Gasteiger partial charge in [-0.1, -0.05) is 43.9 Å². The lowest BCUT2D eigenvalue weighted by molar-refractivity contribution is 0.0953. The molecule has 2 heteroatoms. The molecule has 1 aliphatic rings. The van der Waals surface area contributed by atoms with E-state index in [0.717, 1.165) is 23.1 Å². The zero-order valence-corrected chi connectivity index (χ0v) is 12.7. The minimum absolute atomic E-state index is 0.0164. The first kappa shape index (κ1) is 14.4. The molecule has 1 N–H and O–H groups in total. The van der Waals surface area contributed by atoms with Crippen LogP contribution in [0.5, 0.6) is 5.75 Å². The second-order valence-corrected chi connectivity index (χ2v) is 6.25. The van der Waals surface area contributed by atoms with Gasteiger partial charge in [-0.25, -0.2) is 0 Å². The first-order valence-corrected chi connectivity index (χ1v) is 7.37. The SMILES string of the molecule is CC1(C)CCC(=O)c2c(O)cc(C#Cc3[c]cccc3)cc21. The Kier molecular flexibility index (Phi) is 3.50. The van der Waals surface area contributed by atoms with Crippen LogP contribution >= 0.6 is 0 Å². The van der Waals surface area contributed by atoms with E-state index in [1.54, 1.807) is 6.07 Å². The topological polar surface area (TPSA) is 37.3 Å². The molecular formula is C20H17O2. The minimum atomic E-state index is -0.128. The number of aromatic hydroxyl groups is 1. The third-order valence-corrected chi connectivity index (χ3v) is 4.15. The van der Waals surface area contributed by atoms with Gasteiger partial charge in [0, 0.05) is 17.5 Å². The molecule has 0 spiro atoms. The van der Waals surface area contributed by atoms with Gasteiger partial charge in [0.05, 0.1) is 5.56 Å². The van der Waals surface area contributed by atoms with Crippen LogP contribution < -0.4 is 0 Å². The van der Waals surface area contributed by atoms with Gasteiger partial charge in [-0.2, -0.15) is 0 Å². The highest BCUT2D eigenvalue weighted by molar-refractivity contribution is 6.01. The van der Waals surface area contributed by atoms with Crippen molar-refractivity contribution in [2.45, 2.75) is 32.1 Å². The Morgan fingerprint density at radius 2 is 2.05 bits per heavy atom. The summed E-state index contributed by atoms with van der Waals surface area (Å²) in [6, 6.07) is 14.1. The molecule has 0 heterocycles. The number of phenolic OH excluding ortho intramolecular Hbond substituents is 1. The average molecular weight is 289 g/mol. The number of ketones is 1. The van der Waals surface area contributed by atoms with E-state index in [2.05, 4.69) is 31.8 Å². The van der Waals surface area contributed by atoms with Crippen molar-refractivity contribution < 1.29 is 9.90 Å². The fourth-order valence-electron chi connectivity index (χ4n) is 2.82. The molecule has 0 amide bonds. The molecule has 0 bridgehead atoms. The summed E-state index contributed by atoms with van der Waals surface area (Å²) in [7, 11) is 0. The first-order chi connectivity index (χ1) is 10.5. The molecule has 0 aliphatic heterocycles. The second kappa shape index (κ2) is 5.35. The van der Waals surface area contributed by atoms with Crippen LogP contribution in [0.2, 0.25) is 0 Å². The number of Topliss-reactive ketones (excluding diaryl/α,β-unsaturated/α-hetero) is 1. The fraction of sp³-hybridized carbons (Fsp3) is 0.250. The van der Waals surface area contributed by atoms with Gasteiger partial charge in [0.2, 0.25) is 0 Å². The summed E-state index contributed by atoms with van der Waals surface area (Å²) in [5.74, 6) is 6.14. The smallest absolute Gasteiger partial charge is 0.166 e. The van der Waals surface area contributed by atoms with Crippen LogP contribution in [0.3, 0.4) is 0 Å². The molecule has 0 atom stereocenters. The molecule has 2 nitrogen and oxygen atoms in total. The number of hydrogen-bond acceptors (Lipinski definition) is 2. The number of hydrogen-bond donors (Lipinski definition) is 1. The third-order valence-electron chi connectivity index (χ3n) is 4.15. The molecule has 22 heavy (non-hydrogen) atoms. The van der Waals surface area contributed by atoms with Crippen molar-refractivity contribution in [3.05, 3.63) is 64.7 Å². The van der Waals surface area contributed by atoms with Crippen molar-refractivity contribution in [1.82, 2.24) is 0 Å². The molecule has 0 fully saturated rings. The van der Waals surface area contributed by atoms with Gasteiger partial charge in [0.25, 0.3) is 0 Å². The van der Waals surface area contributed by atoms with Crippen molar-refractivity contribution in [2.75, 3.05) is 0 Å². The Morgan fingerprint density at radius 1 is 1.23 bits per heavy atom. The van der Waals surface area contributed by atoms with Crippen LogP contribution in [-0.4, -0.2) is 10.9 Å². The molecule has 2 aromatic rings. The van der Waals surface area contributed by atoms with E-state index in [9.17, 15) is 9.90 Å². The van der Waals surface area contributed by atoms with Gasteiger partial charge >= 0.3 is 0 Å². The van der Waals surface area contributed by atoms with Crippen LogP contribution in [0.1, 0.15) is 53.7 Å². The predicted molar refractivity (Wildman–Crippen MR) is 86.0 cm³/mol. The van der Waals surface area contributed by atoms with Gasteiger partial charge < -0.3 is 5.11 Å². The van der Waals surface area contributed by atoms with Crippen molar-refractivity contribution in [3.63, 3.8) is 0 Å². The normalized spacial score (nSPS) is 15.6. The van der Waals surface area contributed by atoms with Crippen LogP contribution in [0.15, 0.2) is 36.4 Å². The Hall–Kier alpha value is -2.53. The van der Waals surface area contributed by atoms with E-state index < -0.39 is 0 Å². The highest BCUT2D eigenvalue weighted by Crippen LogP contribution is 2.40. The number of carbonyl (C=O) groups excluding carboxylic acids is 1. The first-order valence-electron chi connectivity index (χ1n) is 7.37. The number of phenols is 1. The third kappa shape index (κ3) is 2.63. The molecule has 0 saturated carbocycles. The zero-order valence-electron chi connectivity index (χ0n) is 12.7. The fourth-order valence-corrected chi connectivity index (χ4v) is 2.82. The Morgan fingerprint density at radius 3 is 2.77 bits per heavy atom. The molecule has 2 aromatic carbocycles. The quantitative estimate of drug-likeness (QED) is 0.748. The van der Waals surface area contributed by atoms with E-state index in [1.807, 2.05) is 30.3 Å². The number of rotatable bonds is 0. The molecule has 109 valence electrons. The molecule has 0 saturated heterocycles. The molecule has 0 unspecified atom stereocenters. The summed E-state index contributed by atoms with van der Waals surface area (Å²) in [5.41, 5.74) is 2.75. The van der Waals surface area contributed by atoms with Gasteiger partial charge in [-0.3, -0.25) is 4.79 Å². The highest BCUT2D eigenvalue weighted by atomic mass is 16.3. The van der Waals surface area contributed by atoms with E-state index in [4.69, 9.17) is 0 Å². The maximum atomic E-state index is 12.1. The van der Waals surface area contributed by atoms with Gasteiger partial charge in [-0.05, 0) is 41.7 Å². The summed E-state index contributed by atoms with van der Waals surface area (Å²) in [5, 5.41) is 10.2. The van der Waals surface area contributed by atoms with E-state index in [-0.39, 0.29) is 16.9 Å². The van der Waals surface area contributed by atoms with Gasteiger partial charge in [0.1, 0.15) is 5.75 Å². The predicted octanol–water partition coefficient (Wildman–Crippen LogP) is 3.85. The Balaban J connectivity index is 2.08. The summed E-state index contributed by atoms with van der Waals surface area (Å²) in [6.45, 7) is 4.19. The lowest BCUT2D eigenvalue weighted by Crippen LogP contribution is -2.27. The van der Waals surface area contributed by atoms with Gasteiger partial charge in [-0.15, -0.1) is 0 Å². The zero-order chi connectivity index (χ0) is 15.7. The summed E-state index contributed by atoms with van der Waals surface area (Å²) < 4.78 is 0. The Labute approximate surface area is 130 Å². The second-order valence-electron chi connectivity index (χ2n) is 6.25. The average Bonchev–Trinajstić information content (AvgIpc) is 2.50. The summed E-state index contributed by atoms with van der Waals surface area (Å²) >= 11 is 0. The van der Waals surface area contributed by atoms with Crippen molar-refractivity contribution in [3.8, 4) is 17.6 Å². The van der Waals surface area contributed by atoms with Crippen molar-refractivity contribution in [2.24, 2.45) is 0 Å². The Bertz CT molecular complexity index is 790. The standard InChI is InChI=1S/C20H17O2/c1-20(2)11-10-17(21)19-16(20)12-15(13-18(19)22)9-8-14-6-4-3-5-7-14/h3-6,12-13,22H,10-11H2,1-2H3. The number of carbonyl (C=O) groups is 1. The highest BCUT2D eigenvalue weighted by Gasteiger charge is 2.33. The van der Waals surface area contributed by atoms with Gasteiger partial charge in [0.15, 0.2) is 5.78 Å². The molecule has 1 radical (unpaired) electrons. The molecular weight excluding hydrogens is 272 g/mol. The number of benzene rings is 2. The largest absolute Gasteiger partial charge is 0.507 e. The van der Waals surface area contributed by atoms with Crippen LogP contribution in [0.4, 0.5) is 0 Å². The summed E-state index contributed by atoms with van der Waals surface area (Å²) in [6.07, 6.45) is 1.28. The van der Waals surface area contributed by atoms with E-state index in [0.29, 0.717) is 12.0 Å². The lowest BCUT2D eigenvalue weighted by Gasteiger charge is -2.32. The maximum absolute atomic E-state index is 12.1. The number of fused-ring (bicyclic) bond motifs is 1. The van der Waals surface area contributed by atoms with Crippen LogP contribution in [-0.2, 0) is 5.41 Å². The van der Waals surface area contributed by atoms with E-state index >= 15 is 0 Å². The van der Waals surface area contributed by atoms with Crippen LogP contribution in [0.25, 0.3) is 0 Å². The minimum Gasteiger partial charge on any atom is -0.507 e. The molecule has 1 aliphatic carbocycles. The monoisotopic (exact) mass is 289 g/mol. The van der Waals surface area contributed by atoms with Crippen molar-refractivity contribution >= 4 is 5.78 Å². The van der Waals surface area contributed by atoms with E-state index in [1.165, 1.54) is 0 Å². The maximum Gasteiger partial charge on any atom is 0.166 e.